The van der Waals surface area contributed by atoms with Gasteiger partial charge in [0.1, 0.15) is 0 Å². The van der Waals surface area contributed by atoms with E-state index in [1.807, 2.05) is 11.6 Å². The van der Waals surface area contributed by atoms with Crippen molar-refractivity contribution in [3.8, 4) is 0 Å². The summed E-state index contributed by atoms with van der Waals surface area (Å²) in [6.07, 6.45) is 2.42. The van der Waals surface area contributed by atoms with Gasteiger partial charge in [-0.15, -0.1) is 0 Å². The lowest BCUT2D eigenvalue weighted by molar-refractivity contribution is -0.385. The molecule has 3 rings (SSSR count). The fourth-order valence-electron chi connectivity index (χ4n) is 3.13. The summed E-state index contributed by atoms with van der Waals surface area (Å²) < 4.78 is 1.92. The van der Waals surface area contributed by atoms with Gasteiger partial charge in [-0.25, -0.2) is 0 Å². The van der Waals surface area contributed by atoms with Crippen molar-refractivity contribution in [3.63, 3.8) is 0 Å². The summed E-state index contributed by atoms with van der Waals surface area (Å²) >= 11 is 0. The second-order valence-electron chi connectivity index (χ2n) is 6.74. The smallest absolute Gasteiger partial charge is 0.274 e. The molecule has 1 aliphatic rings. The number of aromatic nitrogens is 2. The zero-order chi connectivity index (χ0) is 18.1. The van der Waals surface area contributed by atoms with E-state index < -0.39 is 4.92 Å². The second kappa shape index (κ2) is 6.66. The van der Waals surface area contributed by atoms with Crippen LogP contribution in [0, 0.1) is 23.0 Å². The Balaban J connectivity index is 1.77. The minimum Gasteiger partial charge on any atom is -0.336 e. The molecule has 1 aromatic heterocycles. The molecule has 1 saturated carbocycles. The summed E-state index contributed by atoms with van der Waals surface area (Å²) in [6, 6.07) is 8.55. The molecule has 1 aromatic carbocycles. The Morgan fingerprint density at radius 3 is 2.76 bits per heavy atom. The molecule has 0 radical (unpaired) electrons. The Kier molecular flexibility index (Phi) is 4.57. The summed E-state index contributed by atoms with van der Waals surface area (Å²) in [5.41, 5.74) is 1.87. The first-order chi connectivity index (χ1) is 11.9. The van der Waals surface area contributed by atoms with Gasteiger partial charge < -0.3 is 4.90 Å². The van der Waals surface area contributed by atoms with Crippen LogP contribution in [0.5, 0.6) is 0 Å². The molecule has 1 fully saturated rings. The molecule has 132 valence electrons. The normalized spacial score (nSPS) is 15.0. The number of nitro benzene ring substituents is 1. The van der Waals surface area contributed by atoms with Crippen LogP contribution >= 0.6 is 0 Å². The first-order valence-corrected chi connectivity index (χ1v) is 8.42. The van der Waals surface area contributed by atoms with E-state index >= 15 is 0 Å². The summed E-state index contributed by atoms with van der Waals surface area (Å²) in [5, 5.41) is 15.6. The van der Waals surface area contributed by atoms with Gasteiger partial charge in [0.05, 0.1) is 17.5 Å². The number of carbonyl (C=O) groups is 1. The van der Waals surface area contributed by atoms with Gasteiger partial charge in [-0.2, -0.15) is 5.10 Å². The SMILES string of the molecule is Cc1cc(C(=O)N(C)Cc2ccccc2[N+](=O)[O-])nn1C(C)C1CC1. The van der Waals surface area contributed by atoms with Crippen LogP contribution in [0.3, 0.4) is 0 Å². The van der Waals surface area contributed by atoms with Crippen molar-refractivity contribution >= 4 is 11.6 Å². The lowest BCUT2D eigenvalue weighted by Gasteiger charge is -2.16. The number of hydrogen-bond donors (Lipinski definition) is 0. The molecule has 1 aliphatic carbocycles. The average molecular weight is 342 g/mol. The Bertz CT molecular complexity index is 810. The highest BCUT2D eigenvalue weighted by molar-refractivity contribution is 5.92. The average Bonchev–Trinajstić information content (AvgIpc) is 3.36. The van der Waals surface area contributed by atoms with E-state index in [2.05, 4.69) is 12.0 Å². The first kappa shape index (κ1) is 17.1. The molecule has 7 heteroatoms. The third-order valence-electron chi connectivity index (χ3n) is 4.77. The Morgan fingerprint density at radius 1 is 1.44 bits per heavy atom. The third kappa shape index (κ3) is 3.55. The van der Waals surface area contributed by atoms with E-state index in [4.69, 9.17) is 0 Å². The molecule has 0 saturated heterocycles. The maximum Gasteiger partial charge on any atom is 0.274 e. The molecule has 0 aliphatic heterocycles. The summed E-state index contributed by atoms with van der Waals surface area (Å²) in [4.78, 5) is 24.8. The maximum absolute atomic E-state index is 12.7. The predicted octanol–water partition coefficient (Wildman–Crippen LogP) is 3.34. The van der Waals surface area contributed by atoms with Gasteiger partial charge in [0.15, 0.2) is 5.69 Å². The van der Waals surface area contributed by atoms with Gasteiger partial charge in [0, 0.05) is 24.4 Å². The third-order valence-corrected chi connectivity index (χ3v) is 4.77. The van der Waals surface area contributed by atoms with Crippen molar-refractivity contribution < 1.29 is 9.72 Å². The van der Waals surface area contributed by atoms with Gasteiger partial charge in [-0.05, 0) is 38.7 Å². The monoisotopic (exact) mass is 342 g/mol. The molecular weight excluding hydrogens is 320 g/mol. The van der Waals surface area contributed by atoms with Gasteiger partial charge >= 0.3 is 0 Å². The van der Waals surface area contributed by atoms with E-state index in [1.54, 1.807) is 31.3 Å². The van der Waals surface area contributed by atoms with Crippen LogP contribution in [0.25, 0.3) is 0 Å². The highest BCUT2D eigenvalue weighted by atomic mass is 16.6. The van der Waals surface area contributed by atoms with Crippen LogP contribution in [0.15, 0.2) is 30.3 Å². The Labute approximate surface area is 146 Å². The standard InChI is InChI=1S/C18H22N4O3/c1-12-10-16(19-21(12)13(2)14-8-9-14)18(23)20(3)11-15-6-4-5-7-17(15)22(24)25/h4-7,10,13-14H,8-9,11H2,1-3H3. The topological polar surface area (TPSA) is 81.3 Å². The predicted molar refractivity (Wildman–Crippen MR) is 93.3 cm³/mol. The van der Waals surface area contributed by atoms with Crippen molar-refractivity contribution in [3.05, 3.63) is 57.4 Å². The number of benzene rings is 1. The number of nitro groups is 1. The molecule has 1 amide bonds. The number of rotatable bonds is 6. The number of nitrogens with zero attached hydrogens (tertiary/aromatic N) is 4. The number of carbonyl (C=O) groups excluding carboxylic acids is 1. The second-order valence-corrected chi connectivity index (χ2v) is 6.74. The molecular formula is C18H22N4O3. The van der Waals surface area contributed by atoms with E-state index in [-0.39, 0.29) is 18.1 Å². The van der Waals surface area contributed by atoms with Crippen LogP contribution < -0.4 is 0 Å². The van der Waals surface area contributed by atoms with E-state index in [1.165, 1.54) is 23.8 Å². The molecule has 1 unspecified atom stereocenters. The van der Waals surface area contributed by atoms with Gasteiger partial charge in [0.25, 0.3) is 11.6 Å². The van der Waals surface area contributed by atoms with Crippen LogP contribution in [0.1, 0.15) is 47.6 Å². The van der Waals surface area contributed by atoms with E-state index in [9.17, 15) is 14.9 Å². The molecule has 25 heavy (non-hydrogen) atoms. The minimum atomic E-state index is -0.427. The number of para-hydroxylation sites is 1. The maximum atomic E-state index is 12.7. The lowest BCUT2D eigenvalue weighted by Crippen LogP contribution is -2.27. The van der Waals surface area contributed by atoms with Crippen molar-refractivity contribution in [1.82, 2.24) is 14.7 Å². The van der Waals surface area contributed by atoms with Gasteiger partial charge in [-0.1, -0.05) is 18.2 Å². The van der Waals surface area contributed by atoms with Gasteiger partial charge in [0.2, 0.25) is 0 Å². The van der Waals surface area contributed by atoms with Crippen LogP contribution in [0.2, 0.25) is 0 Å². The molecule has 1 atom stereocenters. The largest absolute Gasteiger partial charge is 0.336 e. The van der Waals surface area contributed by atoms with Crippen LogP contribution in [-0.2, 0) is 6.54 Å². The van der Waals surface area contributed by atoms with Crippen molar-refractivity contribution in [1.29, 1.82) is 0 Å². The lowest BCUT2D eigenvalue weighted by atomic mass is 10.1. The quantitative estimate of drug-likeness (QED) is 0.595. The van der Waals surface area contributed by atoms with Crippen molar-refractivity contribution in [2.45, 2.75) is 39.3 Å². The summed E-state index contributed by atoms with van der Waals surface area (Å²) in [6.45, 7) is 4.24. The van der Waals surface area contributed by atoms with Crippen LogP contribution in [-0.4, -0.2) is 32.6 Å². The number of amides is 1. The Hall–Kier alpha value is -2.70. The molecule has 7 nitrogen and oxygen atoms in total. The number of hydrogen-bond acceptors (Lipinski definition) is 4. The van der Waals surface area contributed by atoms with Gasteiger partial charge in [-0.3, -0.25) is 19.6 Å². The van der Waals surface area contributed by atoms with E-state index in [0.29, 0.717) is 23.2 Å². The van der Waals surface area contributed by atoms with Crippen molar-refractivity contribution in [2.75, 3.05) is 7.05 Å². The summed E-state index contributed by atoms with van der Waals surface area (Å²) in [5.74, 6) is 0.411. The molecule has 0 spiro atoms. The molecule has 1 heterocycles. The summed E-state index contributed by atoms with van der Waals surface area (Å²) in [7, 11) is 1.64. The first-order valence-electron chi connectivity index (χ1n) is 8.42. The van der Waals surface area contributed by atoms with E-state index in [0.717, 1.165) is 5.69 Å². The molecule has 0 bridgehead atoms. The highest BCUT2D eigenvalue weighted by Crippen LogP contribution is 2.39. The Morgan fingerprint density at radius 2 is 2.12 bits per heavy atom. The molecule has 2 aromatic rings. The number of aryl methyl sites for hydroxylation is 1. The van der Waals surface area contributed by atoms with Crippen molar-refractivity contribution in [2.24, 2.45) is 5.92 Å². The fourth-order valence-corrected chi connectivity index (χ4v) is 3.13. The highest BCUT2D eigenvalue weighted by Gasteiger charge is 2.31. The fraction of sp³-hybridized carbons (Fsp3) is 0.444. The van der Waals surface area contributed by atoms with Crippen LogP contribution in [0.4, 0.5) is 5.69 Å². The minimum absolute atomic E-state index is 0.0196. The zero-order valence-electron chi connectivity index (χ0n) is 14.7. The zero-order valence-corrected chi connectivity index (χ0v) is 14.7. The molecule has 0 N–H and O–H groups in total.